The molecule has 0 fully saturated rings. The fourth-order valence-electron chi connectivity index (χ4n) is 2.46. The van der Waals surface area contributed by atoms with E-state index in [4.69, 9.17) is 27.9 Å². The van der Waals surface area contributed by atoms with Crippen LogP contribution < -0.4 is 4.74 Å². The van der Waals surface area contributed by atoms with E-state index in [9.17, 15) is 4.39 Å². The van der Waals surface area contributed by atoms with Gasteiger partial charge in [0.05, 0.1) is 5.38 Å². The van der Waals surface area contributed by atoms with E-state index in [1.54, 1.807) is 13.0 Å². The molecule has 0 aromatic heterocycles. The molecule has 2 aromatic rings. The van der Waals surface area contributed by atoms with E-state index in [2.05, 4.69) is 0 Å². The lowest BCUT2D eigenvalue weighted by Gasteiger charge is -2.19. The molecule has 4 heteroatoms. The summed E-state index contributed by atoms with van der Waals surface area (Å²) in [5.41, 5.74) is 2.38. The molecule has 0 radical (unpaired) electrons. The van der Waals surface area contributed by atoms with Gasteiger partial charge in [0.2, 0.25) is 0 Å². The smallest absolute Gasteiger partial charge is 0.127 e. The van der Waals surface area contributed by atoms with E-state index < -0.39 is 5.38 Å². The summed E-state index contributed by atoms with van der Waals surface area (Å²) in [5.74, 6) is 0.538. The zero-order chi connectivity index (χ0) is 14.3. The van der Waals surface area contributed by atoms with Crippen molar-refractivity contribution in [2.45, 2.75) is 24.8 Å². The van der Waals surface area contributed by atoms with Crippen molar-refractivity contribution in [1.29, 1.82) is 0 Å². The summed E-state index contributed by atoms with van der Waals surface area (Å²) in [5, 5.41) is -0.0677. The Bertz CT molecular complexity index is 632. The van der Waals surface area contributed by atoms with E-state index in [1.807, 2.05) is 24.3 Å². The van der Waals surface area contributed by atoms with Crippen molar-refractivity contribution in [3.8, 4) is 5.75 Å². The van der Waals surface area contributed by atoms with Crippen molar-refractivity contribution in [2.75, 3.05) is 0 Å². The van der Waals surface area contributed by atoms with Gasteiger partial charge in [0, 0.05) is 11.4 Å². The largest absolute Gasteiger partial charge is 0.488 e. The van der Waals surface area contributed by atoms with Crippen LogP contribution in [-0.4, -0.2) is 6.10 Å². The van der Waals surface area contributed by atoms with Crippen molar-refractivity contribution in [3.05, 3.63) is 63.9 Å². The Balaban J connectivity index is 1.88. The van der Waals surface area contributed by atoms with Crippen LogP contribution in [0.15, 0.2) is 36.4 Å². The molecule has 0 N–H and O–H groups in total. The predicted molar refractivity (Wildman–Crippen MR) is 79.3 cm³/mol. The highest BCUT2D eigenvalue weighted by Crippen LogP contribution is 2.39. The first-order chi connectivity index (χ1) is 9.56. The van der Waals surface area contributed by atoms with Gasteiger partial charge in [0.25, 0.3) is 0 Å². The standard InChI is InChI=1S/C16H13Cl2FO/c1-9-6-11(12(17)8-13(9)19)16(18)15-7-10-4-2-3-5-14(10)20-15/h2-6,8,15-16H,7H2,1H3. The summed E-state index contributed by atoms with van der Waals surface area (Å²) in [7, 11) is 0. The number of benzene rings is 2. The fraction of sp³-hybridized carbons (Fsp3) is 0.250. The van der Waals surface area contributed by atoms with Crippen LogP contribution in [0.2, 0.25) is 5.02 Å². The minimum atomic E-state index is -0.408. The molecule has 1 nitrogen and oxygen atoms in total. The molecule has 20 heavy (non-hydrogen) atoms. The van der Waals surface area contributed by atoms with Crippen LogP contribution in [0.4, 0.5) is 4.39 Å². The van der Waals surface area contributed by atoms with Gasteiger partial charge in [0.1, 0.15) is 17.7 Å². The topological polar surface area (TPSA) is 9.23 Å². The van der Waals surface area contributed by atoms with Crippen molar-refractivity contribution in [1.82, 2.24) is 0 Å². The van der Waals surface area contributed by atoms with Gasteiger partial charge < -0.3 is 4.74 Å². The molecule has 1 aliphatic rings. The number of hydrogen-bond acceptors (Lipinski definition) is 1. The van der Waals surface area contributed by atoms with Gasteiger partial charge in [-0.1, -0.05) is 35.9 Å². The highest BCUT2D eigenvalue weighted by molar-refractivity contribution is 6.32. The Hall–Kier alpha value is -1.25. The molecule has 3 rings (SSSR count). The van der Waals surface area contributed by atoms with Crippen LogP contribution in [-0.2, 0) is 6.42 Å². The second-order valence-electron chi connectivity index (χ2n) is 4.99. The quantitative estimate of drug-likeness (QED) is 0.704. The van der Waals surface area contributed by atoms with E-state index in [0.717, 1.165) is 17.7 Å². The molecule has 2 aromatic carbocycles. The van der Waals surface area contributed by atoms with E-state index >= 15 is 0 Å². The van der Waals surface area contributed by atoms with Crippen LogP contribution in [0, 0.1) is 12.7 Å². The zero-order valence-electron chi connectivity index (χ0n) is 10.9. The number of hydrogen-bond donors (Lipinski definition) is 0. The average molecular weight is 311 g/mol. The van der Waals surface area contributed by atoms with Crippen molar-refractivity contribution >= 4 is 23.2 Å². The number of rotatable bonds is 2. The first-order valence-corrected chi connectivity index (χ1v) is 7.22. The summed E-state index contributed by atoms with van der Waals surface area (Å²) in [6.45, 7) is 1.70. The lowest BCUT2D eigenvalue weighted by molar-refractivity contribution is 0.227. The monoisotopic (exact) mass is 310 g/mol. The normalized spacial score (nSPS) is 18.5. The SMILES string of the molecule is Cc1cc(C(Cl)C2Cc3ccccc3O2)c(Cl)cc1F. The molecule has 0 amide bonds. The molecule has 104 valence electrons. The first kappa shape index (κ1) is 13.7. The molecule has 0 saturated heterocycles. The van der Waals surface area contributed by atoms with Gasteiger partial charge in [-0.25, -0.2) is 4.39 Å². The van der Waals surface area contributed by atoms with E-state index in [0.29, 0.717) is 16.1 Å². The average Bonchev–Trinajstić information content (AvgIpc) is 2.86. The van der Waals surface area contributed by atoms with Crippen LogP contribution in [0.1, 0.15) is 22.1 Å². The summed E-state index contributed by atoms with van der Waals surface area (Å²) in [6.07, 6.45) is 0.549. The number of alkyl halides is 1. The second kappa shape index (κ2) is 5.27. The third kappa shape index (κ3) is 2.38. The lowest BCUT2D eigenvalue weighted by Crippen LogP contribution is -2.20. The lowest BCUT2D eigenvalue weighted by atomic mass is 10.0. The molecular weight excluding hydrogens is 298 g/mol. The van der Waals surface area contributed by atoms with Gasteiger partial charge in [0.15, 0.2) is 0 Å². The van der Waals surface area contributed by atoms with E-state index in [-0.39, 0.29) is 11.9 Å². The van der Waals surface area contributed by atoms with Crippen molar-refractivity contribution in [2.24, 2.45) is 0 Å². The van der Waals surface area contributed by atoms with Crippen LogP contribution in [0.3, 0.4) is 0 Å². The molecule has 0 saturated carbocycles. The molecule has 2 atom stereocenters. The third-order valence-corrected chi connectivity index (χ3v) is 4.42. The van der Waals surface area contributed by atoms with Crippen LogP contribution in [0.25, 0.3) is 0 Å². The summed E-state index contributed by atoms with van der Waals surface area (Å²) in [4.78, 5) is 0. The number of para-hydroxylation sites is 1. The van der Waals surface area contributed by atoms with Gasteiger partial charge in [-0.15, -0.1) is 11.6 Å². The molecule has 1 heterocycles. The van der Waals surface area contributed by atoms with Gasteiger partial charge >= 0.3 is 0 Å². The second-order valence-corrected chi connectivity index (χ2v) is 5.87. The molecule has 2 unspecified atom stereocenters. The number of aryl methyl sites for hydroxylation is 1. The Morgan fingerprint density at radius 1 is 1.30 bits per heavy atom. The predicted octanol–water partition coefficient (Wildman–Crippen LogP) is 5.07. The molecular formula is C16H13Cl2FO. The Morgan fingerprint density at radius 2 is 2.05 bits per heavy atom. The minimum absolute atomic E-state index is 0.184. The maximum Gasteiger partial charge on any atom is 0.127 e. The zero-order valence-corrected chi connectivity index (χ0v) is 12.4. The highest BCUT2D eigenvalue weighted by Gasteiger charge is 2.31. The summed E-state index contributed by atoms with van der Waals surface area (Å²) >= 11 is 12.6. The molecule has 0 bridgehead atoms. The fourth-order valence-corrected chi connectivity index (χ4v) is 3.11. The molecule has 0 aliphatic carbocycles. The van der Waals surface area contributed by atoms with Crippen molar-refractivity contribution in [3.63, 3.8) is 0 Å². The Morgan fingerprint density at radius 3 is 2.80 bits per heavy atom. The van der Waals surface area contributed by atoms with Crippen LogP contribution in [0.5, 0.6) is 5.75 Å². The molecule has 1 aliphatic heterocycles. The minimum Gasteiger partial charge on any atom is -0.488 e. The Kier molecular flexibility index (Phi) is 3.61. The third-order valence-electron chi connectivity index (χ3n) is 3.57. The van der Waals surface area contributed by atoms with Gasteiger partial charge in [-0.2, -0.15) is 0 Å². The molecule has 0 spiro atoms. The van der Waals surface area contributed by atoms with Gasteiger partial charge in [-0.05, 0) is 35.7 Å². The summed E-state index contributed by atoms with van der Waals surface area (Å²) < 4.78 is 19.3. The van der Waals surface area contributed by atoms with E-state index in [1.165, 1.54) is 6.07 Å². The Labute approximate surface area is 127 Å². The van der Waals surface area contributed by atoms with Crippen LogP contribution >= 0.6 is 23.2 Å². The number of ether oxygens (including phenoxy) is 1. The van der Waals surface area contributed by atoms with Crippen molar-refractivity contribution < 1.29 is 9.13 Å². The maximum atomic E-state index is 13.5. The first-order valence-electron chi connectivity index (χ1n) is 6.40. The van der Waals surface area contributed by atoms with Gasteiger partial charge in [-0.3, -0.25) is 0 Å². The number of fused-ring (bicyclic) bond motifs is 1. The summed E-state index contributed by atoms with van der Waals surface area (Å²) in [6, 6.07) is 10.9. The number of halogens is 3. The maximum absolute atomic E-state index is 13.5. The highest BCUT2D eigenvalue weighted by atomic mass is 35.5.